The molecule has 0 fully saturated rings. The van der Waals surface area contributed by atoms with E-state index in [9.17, 15) is 9.59 Å². The maximum atomic E-state index is 13.4. The van der Waals surface area contributed by atoms with Gasteiger partial charge in [-0.05, 0) is 24.8 Å². The molecule has 4 rings (SSSR count). The number of nitrogens with zero attached hydrogens (tertiary/aromatic N) is 4. The van der Waals surface area contributed by atoms with Crippen LogP contribution in [0.2, 0.25) is 0 Å². The molecule has 0 spiro atoms. The molecule has 7 heteroatoms. The Morgan fingerprint density at radius 3 is 2.36 bits per heavy atom. The van der Waals surface area contributed by atoms with E-state index in [2.05, 4.69) is 24.3 Å². The molecular weight excluding hydrogens is 414 g/mol. The van der Waals surface area contributed by atoms with Crippen LogP contribution in [0.1, 0.15) is 37.1 Å². The maximum Gasteiger partial charge on any atom is 0.279 e. The number of rotatable bonds is 8. The van der Waals surface area contributed by atoms with Crippen molar-refractivity contribution >= 4 is 11.7 Å². The van der Waals surface area contributed by atoms with Crippen molar-refractivity contribution in [2.75, 3.05) is 6.54 Å². The molecular formula is C26H29N5O2. The van der Waals surface area contributed by atoms with Gasteiger partial charge in [0.15, 0.2) is 5.82 Å². The van der Waals surface area contributed by atoms with E-state index >= 15 is 0 Å². The van der Waals surface area contributed by atoms with Gasteiger partial charge in [-0.2, -0.15) is 9.50 Å². The lowest BCUT2D eigenvalue weighted by Crippen LogP contribution is -2.30. The van der Waals surface area contributed by atoms with Gasteiger partial charge in [-0.1, -0.05) is 74.5 Å². The lowest BCUT2D eigenvalue weighted by atomic mass is 10.1. The van der Waals surface area contributed by atoms with Crippen LogP contribution in [0.25, 0.3) is 17.2 Å². The summed E-state index contributed by atoms with van der Waals surface area (Å²) >= 11 is 0. The summed E-state index contributed by atoms with van der Waals surface area (Å²) in [4.78, 5) is 30.4. The van der Waals surface area contributed by atoms with Crippen LogP contribution >= 0.6 is 0 Å². The molecule has 0 unspecified atom stereocenters. The molecule has 2 aromatic carbocycles. The van der Waals surface area contributed by atoms with Gasteiger partial charge >= 0.3 is 0 Å². The number of hydrogen-bond acceptors (Lipinski definition) is 4. The number of carbonyl (C=O) groups is 1. The first-order chi connectivity index (χ1) is 15.9. The van der Waals surface area contributed by atoms with Crippen molar-refractivity contribution in [3.63, 3.8) is 0 Å². The summed E-state index contributed by atoms with van der Waals surface area (Å²) in [6.07, 6.45) is 0.597. The summed E-state index contributed by atoms with van der Waals surface area (Å²) in [5.74, 6) is 1.32. The minimum atomic E-state index is -0.224. The van der Waals surface area contributed by atoms with Gasteiger partial charge in [-0.15, -0.1) is 5.10 Å². The summed E-state index contributed by atoms with van der Waals surface area (Å²) in [6.45, 7) is 7.20. The van der Waals surface area contributed by atoms with E-state index in [1.165, 1.54) is 4.52 Å². The monoisotopic (exact) mass is 443 g/mol. The van der Waals surface area contributed by atoms with Crippen molar-refractivity contribution in [1.29, 1.82) is 0 Å². The average Bonchev–Trinajstić information content (AvgIpc) is 3.27. The first kappa shape index (κ1) is 22.5. The SMILES string of the molecule is Cc1c(CCC(=O)NCC(C)C)c(=O)n2nc(-c3ccccc3)nc2n1Cc1ccccc1. The molecule has 1 amide bonds. The van der Waals surface area contributed by atoms with Crippen LogP contribution in [-0.4, -0.2) is 31.6 Å². The Morgan fingerprint density at radius 2 is 1.70 bits per heavy atom. The third kappa shape index (κ3) is 5.03. The molecule has 0 saturated heterocycles. The van der Waals surface area contributed by atoms with E-state index in [-0.39, 0.29) is 17.9 Å². The number of nitrogens with one attached hydrogen (secondary N) is 1. The fourth-order valence-corrected chi connectivity index (χ4v) is 3.81. The molecule has 33 heavy (non-hydrogen) atoms. The zero-order valence-corrected chi connectivity index (χ0v) is 19.3. The molecule has 1 N–H and O–H groups in total. The summed E-state index contributed by atoms with van der Waals surface area (Å²) in [5, 5.41) is 7.47. The number of benzene rings is 2. The first-order valence-corrected chi connectivity index (χ1v) is 11.3. The van der Waals surface area contributed by atoms with Crippen LogP contribution in [0.15, 0.2) is 65.5 Å². The van der Waals surface area contributed by atoms with E-state index in [4.69, 9.17) is 4.98 Å². The Balaban J connectivity index is 1.77. The average molecular weight is 444 g/mol. The highest BCUT2D eigenvalue weighted by Crippen LogP contribution is 2.18. The Bertz CT molecular complexity index is 1310. The minimum absolute atomic E-state index is 0.0548. The van der Waals surface area contributed by atoms with Gasteiger partial charge < -0.3 is 9.88 Å². The third-order valence-electron chi connectivity index (χ3n) is 5.65. The van der Waals surface area contributed by atoms with E-state index in [0.29, 0.717) is 42.6 Å². The molecule has 170 valence electrons. The smallest absolute Gasteiger partial charge is 0.279 e. The third-order valence-corrected chi connectivity index (χ3v) is 5.65. The number of aromatic nitrogens is 4. The van der Waals surface area contributed by atoms with Crippen molar-refractivity contribution in [2.24, 2.45) is 5.92 Å². The lowest BCUT2D eigenvalue weighted by molar-refractivity contribution is -0.121. The second-order valence-electron chi connectivity index (χ2n) is 8.65. The maximum absolute atomic E-state index is 13.4. The van der Waals surface area contributed by atoms with Crippen LogP contribution in [0.4, 0.5) is 0 Å². The Labute approximate surface area is 193 Å². The molecule has 2 aromatic heterocycles. The molecule has 0 bridgehead atoms. The number of carbonyl (C=O) groups excluding carboxylic acids is 1. The summed E-state index contributed by atoms with van der Waals surface area (Å²) in [6, 6.07) is 19.7. The molecule has 0 aliphatic rings. The quantitative estimate of drug-likeness (QED) is 0.451. The standard InChI is InChI=1S/C26H29N5O2/c1-18(2)16-27-23(32)15-14-22-19(3)30(17-20-10-6-4-7-11-20)26-28-24(29-31(26)25(22)33)21-12-8-5-9-13-21/h4-13,18H,14-17H2,1-3H3,(H,27,32). The Kier molecular flexibility index (Phi) is 6.68. The minimum Gasteiger partial charge on any atom is -0.356 e. The van der Waals surface area contributed by atoms with Gasteiger partial charge in [0, 0.05) is 29.8 Å². The van der Waals surface area contributed by atoms with Gasteiger partial charge in [0.25, 0.3) is 5.56 Å². The van der Waals surface area contributed by atoms with Crippen molar-refractivity contribution in [3.8, 4) is 11.4 Å². The number of fused-ring (bicyclic) bond motifs is 1. The first-order valence-electron chi connectivity index (χ1n) is 11.3. The highest BCUT2D eigenvalue weighted by Gasteiger charge is 2.19. The fraction of sp³-hybridized carbons (Fsp3) is 0.308. The number of hydrogen-bond donors (Lipinski definition) is 1. The summed E-state index contributed by atoms with van der Waals surface area (Å²) in [7, 11) is 0. The van der Waals surface area contributed by atoms with Crippen LogP contribution in [-0.2, 0) is 17.8 Å². The molecule has 0 aliphatic heterocycles. The summed E-state index contributed by atoms with van der Waals surface area (Å²) in [5.41, 5.74) is 3.11. The molecule has 0 saturated carbocycles. The lowest BCUT2D eigenvalue weighted by Gasteiger charge is -2.16. The van der Waals surface area contributed by atoms with Crippen molar-refractivity contribution < 1.29 is 4.79 Å². The van der Waals surface area contributed by atoms with E-state index in [0.717, 1.165) is 16.8 Å². The van der Waals surface area contributed by atoms with Crippen molar-refractivity contribution in [1.82, 2.24) is 24.5 Å². The highest BCUT2D eigenvalue weighted by atomic mass is 16.1. The largest absolute Gasteiger partial charge is 0.356 e. The highest BCUT2D eigenvalue weighted by molar-refractivity contribution is 5.76. The predicted molar refractivity (Wildman–Crippen MR) is 129 cm³/mol. The molecule has 0 aliphatic carbocycles. The molecule has 7 nitrogen and oxygen atoms in total. The second-order valence-corrected chi connectivity index (χ2v) is 8.65. The number of amides is 1. The molecule has 0 atom stereocenters. The van der Waals surface area contributed by atoms with Gasteiger partial charge in [0.05, 0.1) is 6.54 Å². The normalized spacial score (nSPS) is 11.3. The van der Waals surface area contributed by atoms with Gasteiger partial charge in [-0.3, -0.25) is 9.59 Å². The molecule has 2 heterocycles. The molecule has 4 aromatic rings. The Hall–Kier alpha value is -3.74. The fourth-order valence-electron chi connectivity index (χ4n) is 3.81. The van der Waals surface area contributed by atoms with Crippen LogP contribution in [0, 0.1) is 12.8 Å². The second kappa shape index (κ2) is 9.81. The van der Waals surface area contributed by atoms with Crippen LogP contribution in [0.3, 0.4) is 0 Å². The van der Waals surface area contributed by atoms with Crippen molar-refractivity contribution in [3.05, 3.63) is 87.8 Å². The van der Waals surface area contributed by atoms with Crippen molar-refractivity contribution in [2.45, 2.75) is 40.2 Å². The van der Waals surface area contributed by atoms with Gasteiger partial charge in [0.2, 0.25) is 11.7 Å². The topological polar surface area (TPSA) is 81.3 Å². The van der Waals surface area contributed by atoms with E-state index in [1.54, 1.807) is 0 Å². The Morgan fingerprint density at radius 1 is 1.03 bits per heavy atom. The zero-order chi connectivity index (χ0) is 23.4. The van der Waals surface area contributed by atoms with E-state index < -0.39 is 0 Å². The predicted octanol–water partition coefficient (Wildman–Crippen LogP) is 3.62. The molecule has 0 radical (unpaired) electrons. The zero-order valence-electron chi connectivity index (χ0n) is 19.3. The van der Waals surface area contributed by atoms with Gasteiger partial charge in [0.1, 0.15) is 0 Å². The van der Waals surface area contributed by atoms with E-state index in [1.807, 2.05) is 72.2 Å². The van der Waals surface area contributed by atoms with Crippen LogP contribution < -0.4 is 10.9 Å². The van der Waals surface area contributed by atoms with Gasteiger partial charge in [-0.25, -0.2) is 0 Å². The summed E-state index contributed by atoms with van der Waals surface area (Å²) < 4.78 is 3.39. The van der Waals surface area contributed by atoms with Crippen LogP contribution in [0.5, 0.6) is 0 Å².